The molecule has 0 aromatic carbocycles. The molecule has 0 bridgehead atoms. The van der Waals surface area contributed by atoms with E-state index >= 15 is 0 Å². The average molecular weight is 257 g/mol. The minimum absolute atomic E-state index is 0. The van der Waals surface area contributed by atoms with Crippen LogP contribution in [0.25, 0.3) is 0 Å². The number of nitrogens with one attached hydrogen (secondary N) is 8. The summed E-state index contributed by atoms with van der Waals surface area (Å²) in [5, 5.41) is 0. The molecule has 13 heteroatoms. The normalized spacial score (nSPS) is 2.46. The van der Waals surface area contributed by atoms with E-state index in [-0.39, 0.29) is 17.1 Å². The molecule has 12 nitrogen and oxygen atoms in total. The van der Waals surface area contributed by atoms with Crippen molar-refractivity contribution >= 4 is 17.1 Å². The van der Waals surface area contributed by atoms with Crippen molar-refractivity contribution in [1.29, 1.82) is 44.2 Å². The molecule has 0 spiro atoms. The first-order valence-electron chi connectivity index (χ1n) is 1.79. The summed E-state index contributed by atoms with van der Waals surface area (Å²) in [4.78, 5) is 8.00. The zero-order chi connectivity index (χ0) is 10.8. The second-order valence-corrected chi connectivity index (χ2v) is 0.447. The standard InChI is InChI=1S/4H2N3.H2Se/c4*1-3-2;/h4*1-2H;1H2/q4*+1;. The molecule has 72 valence electrons. The van der Waals surface area contributed by atoms with Crippen LogP contribution in [0.4, 0.5) is 0 Å². The third-order valence-electron chi connectivity index (χ3n) is 0. The molecule has 8 N–H and O–H groups in total. The Morgan fingerprint density at radius 3 is 0.385 bits per heavy atom. The van der Waals surface area contributed by atoms with Crippen LogP contribution >= 0.6 is 0 Å². The first kappa shape index (κ1) is 30.9. The molecule has 0 aromatic rings. The molecule has 0 unspecified atom stereocenters. The molecule has 0 aliphatic rings. The summed E-state index contributed by atoms with van der Waals surface area (Å²) in [6.07, 6.45) is 0. The van der Waals surface area contributed by atoms with E-state index in [0.717, 1.165) is 0 Å². The van der Waals surface area contributed by atoms with E-state index < -0.39 is 0 Å². The third kappa shape index (κ3) is 117. The number of nitrogens with zero attached hydrogens (tertiary/aromatic N) is 4. The first-order chi connectivity index (χ1) is 5.66. The van der Waals surface area contributed by atoms with Gasteiger partial charge in [-0.15, -0.1) is 0 Å². The Labute approximate surface area is 81.7 Å². The van der Waals surface area contributed by atoms with Crippen LogP contribution in [0.5, 0.6) is 0 Å². The van der Waals surface area contributed by atoms with E-state index in [2.05, 4.69) is 0 Å². The van der Waals surface area contributed by atoms with E-state index in [1.165, 1.54) is 0 Å². The van der Waals surface area contributed by atoms with Gasteiger partial charge in [-0.3, -0.25) is 0 Å². The van der Waals surface area contributed by atoms with Crippen LogP contribution in [0.3, 0.4) is 0 Å². The fraction of sp³-hybridized carbons (Fsp3) is 0. The molecule has 0 aromatic heterocycles. The Hall–Kier alpha value is -2.24. The number of hydrogen-bond donors (Lipinski definition) is 8. The van der Waals surface area contributed by atoms with Gasteiger partial charge in [-0.25, -0.2) is 0 Å². The fourth-order valence-electron chi connectivity index (χ4n) is 0. The molecule has 0 aliphatic heterocycles. The van der Waals surface area contributed by atoms with Crippen molar-refractivity contribution in [2.24, 2.45) is 0 Å². The Kier molecular flexibility index (Phi) is 575. The topological polar surface area (TPSA) is 247 Å². The van der Waals surface area contributed by atoms with Crippen LogP contribution in [0.1, 0.15) is 0 Å². The van der Waals surface area contributed by atoms with Crippen LogP contribution in [0.15, 0.2) is 0 Å². The zero-order valence-electron chi connectivity index (χ0n) is 6.29. The summed E-state index contributed by atoms with van der Waals surface area (Å²) in [5.41, 5.74) is 44.0. The Morgan fingerprint density at radius 2 is 0.385 bits per heavy atom. The van der Waals surface area contributed by atoms with Gasteiger partial charge in [0.05, 0.1) is 0 Å². The second kappa shape index (κ2) is 242. The Balaban J connectivity index is -0.0000000213. The van der Waals surface area contributed by atoms with Crippen LogP contribution in [0.2, 0.25) is 0 Å². The van der Waals surface area contributed by atoms with Gasteiger partial charge in [0.1, 0.15) is 44.2 Å². The van der Waals surface area contributed by atoms with Gasteiger partial charge in [0, 0.05) is 0 Å². The van der Waals surface area contributed by atoms with Crippen molar-refractivity contribution in [3.8, 4) is 0 Å². The van der Waals surface area contributed by atoms with Gasteiger partial charge < -0.3 is 0 Å². The van der Waals surface area contributed by atoms with Crippen LogP contribution < -0.4 is 19.6 Å². The summed E-state index contributed by atoms with van der Waals surface area (Å²) in [5.74, 6) is 0. The SMILES string of the molecule is N=[N+]=N.N=[N+]=N.N=[N+]=N.N=[N+]=N.[SeH2]. The predicted octanol–water partition coefficient (Wildman–Crippen LogP) is -0.454. The van der Waals surface area contributed by atoms with Gasteiger partial charge in [0.25, 0.3) is 0 Å². The monoisotopic (exact) mass is 258 g/mol. The average Bonchev–Trinajstić information content (AvgIpc) is 1.92. The maximum absolute atomic E-state index is 5.50. The van der Waals surface area contributed by atoms with E-state index in [4.69, 9.17) is 44.2 Å². The third-order valence-corrected chi connectivity index (χ3v) is 0. The van der Waals surface area contributed by atoms with E-state index in [0.29, 0.717) is 0 Å². The molecule has 0 saturated carbocycles. The quantitative estimate of drug-likeness (QED) is 0.156. The van der Waals surface area contributed by atoms with E-state index in [9.17, 15) is 0 Å². The van der Waals surface area contributed by atoms with Gasteiger partial charge in [-0.05, 0) is 0 Å². The van der Waals surface area contributed by atoms with E-state index in [1.807, 2.05) is 19.6 Å². The summed E-state index contributed by atoms with van der Waals surface area (Å²) in [6.45, 7) is 0. The molecule has 13 heavy (non-hydrogen) atoms. The fourth-order valence-corrected chi connectivity index (χ4v) is 0. The molecular formula is H10N12Se+4. The maximum atomic E-state index is 5.50. The summed E-state index contributed by atoms with van der Waals surface area (Å²) in [6, 6.07) is 0. The molecule has 0 atom stereocenters. The first-order valence-corrected chi connectivity index (χ1v) is 1.79. The van der Waals surface area contributed by atoms with Crippen molar-refractivity contribution in [3.05, 3.63) is 0 Å². The summed E-state index contributed by atoms with van der Waals surface area (Å²) >= 11 is 0. The molecule has 0 saturated heterocycles. The molecule has 0 aliphatic carbocycles. The van der Waals surface area contributed by atoms with Gasteiger partial charge in [-0.2, -0.15) is 0 Å². The van der Waals surface area contributed by atoms with Crippen LogP contribution in [-0.2, 0) is 0 Å². The minimum atomic E-state index is 0. The van der Waals surface area contributed by atoms with Gasteiger partial charge in [0.15, 0.2) is 0 Å². The molecule has 0 radical (unpaired) electrons. The second-order valence-electron chi connectivity index (χ2n) is 0.447. The zero-order valence-corrected chi connectivity index (χ0v) is 8.39. The van der Waals surface area contributed by atoms with Crippen molar-refractivity contribution < 1.29 is 0 Å². The van der Waals surface area contributed by atoms with Crippen molar-refractivity contribution in [1.82, 2.24) is 19.6 Å². The molecule has 0 rings (SSSR count). The number of rotatable bonds is 0. The van der Waals surface area contributed by atoms with Gasteiger partial charge in [0.2, 0.25) is 19.6 Å². The van der Waals surface area contributed by atoms with Gasteiger partial charge >= 0.3 is 17.1 Å². The number of hydrogen-bond acceptors (Lipinski definition) is 8. The van der Waals surface area contributed by atoms with Gasteiger partial charge in [-0.1, -0.05) is 0 Å². The molecular weight excluding hydrogens is 247 g/mol. The Bertz CT molecular complexity index is 137. The summed E-state index contributed by atoms with van der Waals surface area (Å²) < 4.78 is 0. The summed E-state index contributed by atoms with van der Waals surface area (Å²) in [7, 11) is 0. The van der Waals surface area contributed by atoms with E-state index in [1.54, 1.807) is 0 Å². The van der Waals surface area contributed by atoms with Crippen LogP contribution in [0, 0.1) is 44.2 Å². The molecule has 0 fully saturated rings. The molecule has 0 heterocycles. The molecule has 0 amide bonds. The van der Waals surface area contributed by atoms with Crippen LogP contribution in [-0.4, -0.2) is 17.1 Å². The predicted molar refractivity (Wildman–Crippen MR) is 38.8 cm³/mol. The Morgan fingerprint density at radius 1 is 0.385 bits per heavy atom. The van der Waals surface area contributed by atoms with Crippen molar-refractivity contribution in [2.75, 3.05) is 0 Å². The van der Waals surface area contributed by atoms with Crippen molar-refractivity contribution in [2.45, 2.75) is 0 Å². The van der Waals surface area contributed by atoms with Crippen molar-refractivity contribution in [3.63, 3.8) is 0 Å².